The van der Waals surface area contributed by atoms with Crippen LogP contribution in [0.5, 0.6) is 5.75 Å². The van der Waals surface area contributed by atoms with Crippen molar-refractivity contribution in [2.24, 2.45) is 0 Å². The zero-order valence-corrected chi connectivity index (χ0v) is 14.3. The highest BCUT2D eigenvalue weighted by Gasteiger charge is 2.31. The van der Waals surface area contributed by atoms with Gasteiger partial charge in [-0.05, 0) is 40.2 Å². The molecule has 13 heteroatoms. The third-order valence-corrected chi connectivity index (χ3v) is 3.55. The molecule has 3 aromatic rings. The maximum absolute atomic E-state index is 13.0. The van der Waals surface area contributed by atoms with Crippen LogP contribution in [0.25, 0.3) is 5.69 Å². The summed E-state index contributed by atoms with van der Waals surface area (Å²) >= 11 is 0. The summed E-state index contributed by atoms with van der Waals surface area (Å²) in [7, 11) is 0. The predicted octanol–water partition coefficient (Wildman–Crippen LogP) is 2.61. The Hall–Kier alpha value is -4.03. The van der Waals surface area contributed by atoms with E-state index in [0.717, 1.165) is 18.2 Å². The van der Waals surface area contributed by atoms with Crippen molar-refractivity contribution >= 4 is 17.4 Å². The van der Waals surface area contributed by atoms with Crippen molar-refractivity contribution in [2.45, 2.75) is 6.18 Å². The number of carbonyl (C=O) groups excluding carboxylic acids is 1. The van der Waals surface area contributed by atoms with Crippen molar-refractivity contribution in [3.05, 3.63) is 64.9 Å². The van der Waals surface area contributed by atoms with E-state index in [1.807, 2.05) is 0 Å². The molecule has 2 heterocycles. The van der Waals surface area contributed by atoms with Gasteiger partial charge in [0.05, 0.1) is 16.9 Å². The van der Waals surface area contributed by atoms with E-state index in [2.05, 4.69) is 20.4 Å². The van der Waals surface area contributed by atoms with Gasteiger partial charge in [0.1, 0.15) is 18.9 Å². The van der Waals surface area contributed by atoms with Crippen molar-refractivity contribution in [1.29, 1.82) is 0 Å². The van der Waals surface area contributed by atoms with E-state index >= 15 is 0 Å². The Morgan fingerprint density at radius 2 is 2.10 bits per heavy atom. The molecule has 1 N–H and O–H groups in total. The van der Waals surface area contributed by atoms with Crippen LogP contribution in [0.3, 0.4) is 0 Å². The average Bonchev–Trinajstić information content (AvgIpc) is 3.20. The van der Waals surface area contributed by atoms with Crippen molar-refractivity contribution in [3.63, 3.8) is 0 Å². The molecule has 0 atom stereocenters. The Kier molecular flexibility index (Phi) is 5.38. The standard InChI is InChI=1S/C16H11F3N6O4/c17-16(18,19)10-3-4-12(24-9-20-8-22-24)11(6-10)23-14(26)7-29-13-2-1-5-21-15(13)25(27)28/h1-6,8-9H,7H2,(H,23,26). The van der Waals surface area contributed by atoms with E-state index in [0.29, 0.717) is 0 Å². The third kappa shape index (κ3) is 4.63. The highest BCUT2D eigenvalue weighted by molar-refractivity contribution is 5.94. The van der Waals surface area contributed by atoms with E-state index < -0.39 is 35.0 Å². The van der Waals surface area contributed by atoms with Crippen molar-refractivity contribution < 1.29 is 27.6 Å². The lowest BCUT2D eigenvalue weighted by atomic mass is 10.1. The number of pyridine rings is 1. The summed E-state index contributed by atoms with van der Waals surface area (Å²) in [4.78, 5) is 29.6. The minimum absolute atomic E-state index is 0.135. The van der Waals surface area contributed by atoms with E-state index in [-0.39, 0.29) is 17.1 Å². The van der Waals surface area contributed by atoms with Crippen LogP contribution in [-0.2, 0) is 11.0 Å². The largest absolute Gasteiger partial charge is 0.476 e. The monoisotopic (exact) mass is 408 g/mol. The molecule has 3 rings (SSSR count). The average molecular weight is 408 g/mol. The molecule has 0 radical (unpaired) electrons. The summed E-state index contributed by atoms with van der Waals surface area (Å²) in [5.41, 5.74) is -1.05. The molecule has 0 unspecified atom stereocenters. The Morgan fingerprint density at radius 1 is 1.31 bits per heavy atom. The fraction of sp³-hybridized carbons (Fsp3) is 0.125. The van der Waals surface area contributed by atoms with E-state index in [4.69, 9.17) is 4.74 Å². The number of hydrogen-bond acceptors (Lipinski definition) is 7. The highest BCUT2D eigenvalue weighted by atomic mass is 19.4. The van der Waals surface area contributed by atoms with Crippen molar-refractivity contribution in [1.82, 2.24) is 19.7 Å². The Bertz CT molecular complexity index is 1040. The fourth-order valence-electron chi connectivity index (χ4n) is 2.31. The number of benzene rings is 1. The lowest BCUT2D eigenvalue weighted by molar-refractivity contribution is -0.390. The molecule has 0 fully saturated rings. The molecule has 150 valence electrons. The molecule has 0 saturated carbocycles. The van der Waals surface area contributed by atoms with Gasteiger partial charge in [0, 0.05) is 0 Å². The molecule has 1 aromatic carbocycles. The molecule has 0 saturated heterocycles. The molecular formula is C16H11F3N6O4. The van der Waals surface area contributed by atoms with Gasteiger partial charge >= 0.3 is 12.0 Å². The highest BCUT2D eigenvalue weighted by Crippen LogP contribution is 2.33. The van der Waals surface area contributed by atoms with Crippen LogP contribution in [-0.4, -0.2) is 37.2 Å². The summed E-state index contributed by atoms with van der Waals surface area (Å²) in [5, 5.41) is 17.0. The number of nitrogens with one attached hydrogen (secondary N) is 1. The first kappa shape index (κ1) is 19.7. The number of aromatic nitrogens is 4. The van der Waals surface area contributed by atoms with Crippen molar-refractivity contribution in [2.75, 3.05) is 11.9 Å². The third-order valence-electron chi connectivity index (χ3n) is 3.55. The van der Waals surface area contributed by atoms with Gasteiger partial charge in [-0.2, -0.15) is 18.3 Å². The maximum Gasteiger partial charge on any atom is 0.416 e. The second-order valence-corrected chi connectivity index (χ2v) is 5.49. The molecule has 1 amide bonds. The van der Waals surface area contributed by atoms with E-state index in [1.165, 1.54) is 35.7 Å². The van der Waals surface area contributed by atoms with Gasteiger partial charge in [-0.25, -0.2) is 9.67 Å². The smallest absolute Gasteiger partial charge is 0.416 e. The summed E-state index contributed by atoms with van der Waals surface area (Å²) in [6.07, 6.45) is -1.03. The number of hydrogen-bond donors (Lipinski definition) is 1. The lowest BCUT2D eigenvalue weighted by Gasteiger charge is -2.14. The van der Waals surface area contributed by atoms with Gasteiger partial charge in [0.2, 0.25) is 5.75 Å². The number of carbonyl (C=O) groups is 1. The number of halogens is 3. The second-order valence-electron chi connectivity index (χ2n) is 5.49. The number of nitro groups is 1. The van der Waals surface area contributed by atoms with Gasteiger partial charge < -0.3 is 20.2 Å². The number of ether oxygens (including phenoxy) is 1. The van der Waals surface area contributed by atoms with Crippen molar-refractivity contribution in [3.8, 4) is 11.4 Å². The molecule has 29 heavy (non-hydrogen) atoms. The first-order valence-corrected chi connectivity index (χ1v) is 7.84. The number of nitrogens with zero attached hydrogens (tertiary/aromatic N) is 5. The predicted molar refractivity (Wildman–Crippen MR) is 91.4 cm³/mol. The molecule has 10 nitrogen and oxygen atoms in total. The Balaban J connectivity index is 1.81. The Morgan fingerprint density at radius 3 is 2.76 bits per heavy atom. The topological polar surface area (TPSA) is 125 Å². The van der Waals surface area contributed by atoms with Crippen LogP contribution in [0.1, 0.15) is 5.56 Å². The minimum Gasteiger partial charge on any atom is -0.476 e. The summed E-state index contributed by atoms with van der Waals surface area (Å²) in [6.45, 7) is -0.695. The summed E-state index contributed by atoms with van der Waals surface area (Å²) in [6, 6.07) is 5.31. The van der Waals surface area contributed by atoms with Crippen LogP contribution in [0.4, 0.5) is 24.7 Å². The van der Waals surface area contributed by atoms with Gasteiger partial charge in [-0.15, -0.1) is 0 Å². The maximum atomic E-state index is 13.0. The normalized spacial score (nSPS) is 11.1. The molecular weight excluding hydrogens is 397 g/mol. The van der Waals surface area contributed by atoms with Gasteiger partial charge in [0.15, 0.2) is 6.61 Å². The number of alkyl halides is 3. The zero-order valence-electron chi connectivity index (χ0n) is 14.3. The van der Waals surface area contributed by atoms with Gasteiger partial charge in [0.25, 0.3) is 5.91 Å². The van der Waals surface area contributed by atoms with Crippen LogP contribution < -0.4 is 10.1 Å². The number of anilines is 1. The molecule has 2 aromatic heterocycles. The zero-order chi connectivity index (χ0) is 21.0. The fourth-order valence-corrected chi connectivity index (χ4v) is 2.31. The lowest BCUT2D eigenvalue weighted by Crippen LogP contribution is -2.22. The first-order chi connectivity index (χ1) is 13.8. The number of rotatable bonds is 6. The quantitative estimate of drug-likeness (QED) is 0.491. The summed E-state index contributed by atoms with van der Waals surface area (Å²) in [5.74, 6) is -1.69. The van der Waals surface area contributed by atoms with Gasteiger partial charge in [-0.3, -0.25) is 4.79 Å². The Labute approximate surface area is 160 Å². The molecule has 0 aliphatic rings. The van der Waals surface area contributed by atoms with Crippen LogP contribution in [0.15, 0.2) is 49.2 Å². The van der Waals surface area contributed by atoms with Gasteiger partial charge in [-0.1, -0.05) is 0 Å². The SMILES string of the molecule is O=C(COc1cccnc1[N+](=O)[O-])Nc1cc(C(F)(F)F)ccc1-n1cncn1. The first-order valence-electron chi connectivity index (χ1n) is 7.84. The van der Waals surface area contributed by atoms with Crippen LogP contribution in [0.2, 0.25) is 0 Å². The minimum atomic E-state index is -4.63. The molecule has 0 spiro atoms. The summed E-state index contributed by atoms with van der Waals surface area (Å²) < 4.78 is 45.3. The van der Waals surface area contributed by atoms with Crippen LogP contribution >= 0.6 is 0 Å². The van der Waals surface area contributed by atoms with Crippen LogP contribution in [0, 0.1) is 10.1 Å². The van der Waals surface area contributed by atoms with E-state index in [1.54, 1.807) is 0 Å². The second kappa shape index (κ2) is 7.92. The molecule has 0 bridgehead atoms. The molecule has 0 aliphatic carbocycles. The number of amides is 1. The van der Waals surface area contributed by atoms with E-state index in [9.17, 15) is 28.1 Å². The molecule has 0 aliphatic heterocycles.